The van der Waals surface area contributed by atoms with Crippen LogP contribution in [-0.2, 0) is 0 Å². The lowest BCUT2D eigenvalue weighted by atomic mass is 10.1. The molecule has 1 aromatic rings. The van der Waals surface area contributed by atoms with Crippen LogP contribution in [0.1, 0.15) is 32.4 Å². The summed E-state index contributed by atoms with van der Waals surface area (Å²) in [6, 6.07) is 5.50. The first-order chi connectivity index (χ1) is 7.00. The van der Waals surface area contributed by atoms with Crippen LogP contribution in [0.3, 0.4) is 0 Å². The van der Waals surface area contributed by atoms with Crippen molar-refractivity contribution in [3.05, 3.63) is 28.8 Å². The van der Waals surface area contributed by atoms with Gasteiger partial charge in [0.25, 0.3) is 0 Å². The third-order valence-corrected chi connectivity index (χ3v) is 2.27. The average Bonchev–Trinajstić information content (AvgIpc) is 2.15. The van der Waals surface area contributed by atoms with E-state index in [1.165, 1.54) is 0 Å². The highest BCUT2D eigenvalue weighted by atomic mass is 35.5. The number of ether oxygens (including phenoxy) is 1. The minimum atomic E-state index is -0.0640. The topological polar surface area (TPSA) is 35.2 Å². The number of benzene rings is 1. The van der Waals surface area contributed by atoms with Crippen LogP contribution in [0.5, 0.6) is 5.75 Å². The van der Waals surface area contributed by atoms with Gasteiger partial charge in [0.2, 0.25) is 0 Å². The smallest absolute Gasteiger partial charge is 0.124 e. The van der Waals surface area contributed by atoms with Crippen LogP contribution < -0.4 is 10.5 Å². The summed E-state index contributed by atoms with van der Waals surface area (Å²) in [5.41, 5.74) is 6.81. The van der Waals surface area contributed by atoms with Crippen LogP contribution in [0.2, 0.25) is 5.02 Å². The Kier molecular flexibility index (Phi) is 4.43. The molecule has 0 saturated heterocycles. The standard InChI is InChI=1S/C12H18ClNO/c1-8(2)7-15-12-5-4-10(13)6-11(12)9(3)14/h4-6,8-9H,7,14H2,1-3H3. The van der Waals surface area contributed by atoms with E-state index in [1.807, 2.05) is 25.1 Å². The van der Waals surface area contributed by atoms with E-state index in [0.29, 0.717) is 17.5 Å². The van der Waals surface area contributed by atoms with Crippen LogP contribution in [0.4, 0.5) is 0 Å². The van der Waals surface area contributed by atoms with Crippen molar-refractivity contribution in [2.45, 2.75) is 26.8 Å². The predicted molar refractivity (Wildman–Crippen MR) is 64.4 cm³/mol. The van der Waals surface area contributed by atoms with Gasteiger partial charge >= 0.3 is 0 Å². The zero-order chi connectivity index (χ0) is 11.4. The van der Waals surface area contributed by atoms with Gasteiger partial charge < -0.3 is 10.5 Å². The first-order valence-electron chi connectivity index (χ1n) is 5.18. The summed E-state index contributed by atoms with van der Waals surface area (Å²) in [7, 11) is 0. The largest absolute Gasteiger partial charge is 0.493 e. The number of nitrogens with two attached hydrogens (primary N) is 1. The molecule has 0 aromatic heterocycles. The number of hydrogen-bond acceptors (Lipinski definition) is 2. The third kappa shape index (κ3) is 3.73. The molecule has 0 aliphatic heterocycles. The molecule has 0 fully saturated rings. The zero-order valence-electron chi connectivity index (χ0n) is 9.46. The quantitative estimate of drug-likeness (QED) is 0.856. The maximum atomic E-state index is 5.91. The molecular weight excluding hydrogens is 210 g/mol. The van der Waals surface area contributed by atoms with Crippen LogP contribution >= 0.6 is 11.6 Å². The minimum absolute atomic E-state index is 0.0640. The van der Waals surface area contributed by atoms with Crippen LogP contribution in [0, 0.1) is 5.92 Å². The summed E-state index contributed by atoms with van der Waals surface area (Å²) in [5.74, 6) is 1.34. The summed E-state index contributed by atoms with van der Waals surface area (Å²) in [6.45, 7) is 6.85. The monoisotopic (exact) mass is 227 g/mol. The highest BCUT2D eigenvalue weighted by Crippen LogP contribution is 2.27. The second-order valence-electron chi connectivity index (χ2n) is 4.18. The Morgan fingerprint density at radius 2 is 2.00 bits per heavy atom. The molecule has 1 aromatic carbocycles. The number of halogens is 1. The molecule has 0 bridgehead atoms. The molecule has 0 aliphatic carbocycles. The fourth-order valence-electron chi connectivity index (χ4n) is 1.26. The summed E-state index contributed by atoms with van der Waals surface area (Å²) < 4.78 is 5.68. The van der Waals surface area contributed by atoms with Gasteiger partial charge in [-0.15, -0.1) is 0 Å². The molecule has 0 spiro atoms. The van der Waals surface area contributed by atoms with Crippen molar-refractivity contribution >= 4 is 11.6 Å². The molecule has 84 valence electrons. The molecule has 0 amide bonds. The van der Waals surface area contributed by atoms with Gasteiger partial charge in [0.1, 0.15) is 5.75 Å². The minimum Gasteiger partial charge on any atom is -0.493 e. The fraction of sp³-hybridized carbons (Fsp3) is 0.500. The van der Waals surface area contributed by atoms with Crippen molar-refractivity contribution in [1.29, 1.82) is 0 Å². The van der Waals surface area contributed by atoms with Gasteiger partial charge in [-0.05, 0) is 31.0 Å². The second kappa shape index (κ2) is 5.38. The van der Waals surface area contributed by atoms with Gasteiger partial charge in [0.15, 0.2) is 0 Å². The van der Waals surface area contributed by atoms with Gasteiger partial charge in [-0.25, -0.2) is 0 Å². The van der Waals surface area contributed by atoms with E-state index in [4.69, 9.17) is 22.1 Å². The van der Waals surface area contributed by atoms with Crippen LogP contribution in [-0.4, -0.2) is 6.61 Å². The molecule has 0 saturated carbocycles. The molecule has 1 atom stereocenters. The molecule has 2 nitrogen and oxygen atoms in total. The Morgan fingerprint density at radius 1 is 1.33 bits per heavy atom. The number of rotatable bonds is 4. The molecule has 3 heteroatoms. The Hall–Kier alpha value is -0.730. The normalized spacial score (nSPS) is 12.9. The summed E-state index contributed by atoms with van der Waals surface area (Å²) >= 11 is 5.91. The van der Waals surface area contributed by atoms with Crippen molar-refractivity contribution in [3.63, 3.8) is 0 Å². The van der Waals surface area contributed by atoms with Crippen molar-refractivity contribution in [2.75, 3.05) is 6.61 Å². The van der Waals surface area contributed by atoms with E-state index in [2.05, 4.69) is 13.8 Å². The SMILES string of the molecule is CC(C)COc1ccc(Cl)cc1C(C)N. The molecule has 0 heterocycles. The molecule has 2 N–H and O–H groups in total. The predicted octanol–water partition coefficient (Wildman–Crippen LogP) is 3.39. The van der Waals surface area contributed by atoms with Crippen molar-refractivity contribution in [1.82, 2.24) is 0 Å². The van der Waals surface area contributed by atoms with Crippen molar-refractivity contribution in [3.8, 4) is 5.75 Å². The van der Waals surface area contributed by atoms with Gasteiger partial charge in [-0.1, -0.05) is 25.4 Å². The van der Waals surface area contributed by atoms with E-state index >= 15 is 0 Å². The summed E-state index contributed by atoms with van der Waals surface area (Å²) in [6.07, 6.45) is 0. The van der Waals surface area contributed by atoms with E-state index < -0.39 is 0 Å². The maximum Gasteiger partial charge on any atom is 0.124 e. The fourth-order valence-corrected chi connectivity index (χ4v) is 1.44. The first kappa shape index (κ1) is 12.3. The van der Waals surface area contributed by atoms with Crippen molar-refractivity contribution < 1.29 is 4.74 Å². The van der Waals surface area contributed by atoms with Crippen LogP contribution in [0.15, 0.2) is 18.2 Å². The molecule has 0 aliphatic rings. The molecule has 1 rings (SSSR count). The Morgan fingerprint density at radius 3 is 2.53 bits per heavy atom. The second-order valence-corrected chi connectivity index (χ2v) is 4.61. The van der Waals surface area contributed by atoms with E-state index in [-0.39, 0.29) is 6.04 Å². The van der Waals surface area contributed by atoms with E-state index in [0.717, 1.165) is 11.3 Å². The van der Waals surface area contributed by atoms with Crippen molar-refractivity contribution in [2.24, 2.45) is 11.7 Å². The lowest BCUT2D eigenvalue weighted by Crippen LogP contribution is -2.10. The van der Waals surface area contributed by atoms with Gasteiger partial charge in [-0.3, -0.25) is 0 Å². The highest BCUT2D eigenvalue weighted by molar-refractivity contribution is 6.30. The Balaban J connectivity index is 2.86. The van der Waals surface area contributed by atoms with E-state index in [1.54, 1.807) is 0 Å². The molecular formula is C12H18ClNO. The lowest BCUT2D eigenvalue weighted by Gasteiger charge is -2.15. The van der Waals surface area contributed by atoms with Gasteiger partial charge in [-0.2, -0.15) is 0 Å². The third-order valence-electron chi connectivity index (χ3n) is 2.03. The maximum absolute atomic E-state index is 5.91. The molecule has 15 heavy (non-hydrogen) atoms. The number of hydrogen-bond donors (Lipinski definition) is 1. The summed E-state index contributed by atoms with van der Waals surface area (Å²) in [4.78, 5) is 0. The first-order valence-corrected chi connectivity index (χ1v) is 5.56. The highest BCUT2D eigenvalue weighted by Gasteiger charge is 2.09. The van der Waals surface area contributed by atoms with Crippen LogP contribution in [0.25, 0.3) is 0 Å². The Labute approximate surface area is 96.4 Å². The Bertz CT molecular complexity index is 323. The summed E-state index contributed by atoms with van der Waals surface area (Å²) in [5, 5.41) is 0.694. The zero-order valence-corrected chi connectivity index (χ0v) is 10.2. The van der Waals surface area contributed by atoms with Gasteiger partial charge in [0.05, 0.1) is 6.61 Å². The average molecular weight is 228 g/mol. The van der Waals surface area contributed by atoms with Gasteiger partial charge in [0, 0.05) is 16.6 Å². The lowest BCUT2D eigenvalue weighted by molar-refractivity contribution is 0.267. The van der Waals surface area contributed by atoms with E-state index in [9.17, 15) is 0 Å². The molecule has 1 unspecified atom stereocenters. The molecule has 0 radical (unpaired) electrons.